The minimum absolute atomic E-state index is 0.0153. The summed E-state index contributed by atoms with van der Waals surface area (Å²) in [6.45, 7) is 4.27. The van der Waals surface area contributed by atoms with Crippen molar-refractivity contribution < 1.29 is 52.2 Å². The molecule has 0 aliphatic heterocycles. The van der Waals surface area contributed by atoms with Gasteiger partial charge in [-0.3, -0.25) is 23.4 Å². The molecule has 76 heavy (non-hydrogen) atoms. The van der Waals surface area contributed by atoms with Crippen molar-refractivity contribution in [2.45, 2.75) is 238 Å². The van der Waals surface area contributed by atoms with Gasteiger partial charge < -0.3 is 24.2 Å². The Morgan fingerprint density at radius 3 is 1.13 bits per heavy atom. The molecule has 3 unspecified atom stereocenters. The molecule has 432 valence electrons. The molecule has 0 aliphatic rings. The van der Waals surface area contributed by atoms with Gasteiger partial charge in [-0.15, -0.1) is 0 Å². The van der Waals surface area contributed by atoms with E-state index in [-0.39, 0.29) is 19.3 Å². The third-order valence-corrected chi connectivity index (χ3v) is 12.8. The molecule has 0 spiro atoms. The second-order valence-corrected chi connectivity index (χ2v) is 20.5. The van der Waals surface area contributed by atoms with Crippen LogP contribution in [0.15, 0.2) is 122 Å². The largest absolute Gasteiger partial charge is 0.472 e. The van der Waals surface area contributed by atoms with E-state index < -0.39 is 64.4 Å². The van der Waals surface area contributed by atoms with E-state index >= 15 is 0 Å². The lowest BCUT2D eigenvalue weighted by atomic mass is 10.1. The van der Waals surface area contributed by atoms with E-state index in [9.17, 15) is 28.9 Å². The maximum absolute atomic E-state index is 12.9. The molecule has 2 N–H and O–H groups in total. The van der Waals surface area contributed by atoms with Crippen molar-refractivity contribution in [2.24, 2.45) is 0 Å². The van der Waals surface area contributed by atoms with Gasteiger partial charge in [-0.2, -0.15) is 0 Å². The maximum atomic E-state index is 12.9. The number of carbonyl (C=O) groups excluding carboxylic acids is 3. The predicted molar refractivity (Wildman–Crippen MR) is 316 cm³/mol. The van der Waals surface area contributed by atoms with Crippen LogP contribution in [0.25, 0.3) is 0 Å². The standard InChI is InChI=1S/C64H105O11P/c1-4-7-10-13-16-19-22-25-28-29-30-31-34-37-40-43-46-49-52-55-64(68)75-61(57-71-62(66)53-50-47-44-41-38-35-32-26-23-20-17-14-11-8-5-2)59-73-76(69,70)72-58-60(56-65)74-63(67)54-51-48-45-42-39-36-33-27-24-21-18-15-12-9-6-3/h7-8,10-11,16-17,19-20,25-28,30-33,38,41,47,50,60-61,65H,4-6,9,12-15,18,21-24,29,34-37,39-40,42-46,48-49,51-59H2,1-3H3,(H,69,70)/b10-7-,11-8-,19-16-,20-17-,28-25-,31-30-,32-26-,33-27-,41-38-,50-47-. The van der Waals surface area contributed by atoms with E-state index in [0.717, 1.165) is 128 Å². The Hall–Kier alpha value is -4.12. The number of ether oxygens (including phenoxy) is 3. The fourth-order valence-corrected chi connectivity index (χ4v) is 8.26. The SMILES string of the molecule is CC/C=C\C/C=C\C/C=C\C/C=C\C/C=C\CC(=O)OCC(COP(=O)(O)OCC(CO)OC(=O)CCCCCCC/C=C\CCCCCCCC)OC(=O)CCCCCCCC/C=C\C/C=C\C/C=C\C/C=C\CC. The number of aliphatic hydroxyl groups excluding tert-OH is 1. The number of rotatable bonds is 53. The predicted octanol–water partition coefficient (Wildman–Crippen LogP) is 17.6. The maximum Gasteiger partial charge on any atom is 0.472 e. The van der Waals surface area contributed by atoms with E-state index in [1.165, 1.54) is 38.5 Å². The Balaban J connectivity index is 4.86. The molecule has 0 aromatic carbocycles. The highest BCUT2D eigenvalue weighted by Gasteiger charge is 2.28. The molecule has 0 saturated carbocycles. The molecule has 0 aliphatic carbocycles. The van der Waals surface area contributed by atoms with Crippen LogP contribution in [0.3, 0.4) is 0 Å². The molecule has 0 amide bonds. The van der Waals surface area contributed by atoms with Gasteiger partial charge in [-0.05, 0) is 109 Å². The van der Waals surface area contributed by atoms with E-state index in [1.807, 2.05) is 12.2 Å². The fourth-order valence-electron chi connectivity index (χ4n) is 7.47. The first-order valence-corrected chi connectivity index (χ1v) is 30.9. The van der Waals surface area contributed by atoms with Crippen molar-refractivity contribution in [1.29, 1.82) is 0 Å². The summed E-state index contributed by atoms with van der Waals surface area (Å²) >= 11 is 0. The highest BCUT2D eigenvalue weighted by molar-refractivity contribution is 7.47. The van der Waals surface area contributed by atoms with Gasteiger partial charge in [0.2, 0.25) is 0 Å². The summed E-state index contributed by atoms with van der Waals surface area (Å²) in [6, 6.07) is 0. The van der Waals surface area contributed by atoms with Crippen molar-refractivity contribution in [1.82, 2.24) is 0 Å². The summed E-state index contributed by atoms with van der Waals surface area (Å²) in [5.41, 5.74) is 0. The van der Waals surface area contributed by atoms with Crippen molar-refractivity contribution in [2.75, 3.05) is 26.4 Å². The monoisotopic (exact) mass is 1080 g/mol. The Morgan fingerprint density at radius 1 is 0.395 bits per heavy atom. The number of hydrogen-bond acceptors (Lipinski definition) is 10. The summed E-state index contributed by atoms with van der Waals surface area (Å²) in [4.78, 5) is 48.5. The molecule has 3 atom stereocenters. The van der Waals surface area contributed by atoms with Crippen LogP contribution in [-0.4, -0.2) is 66.5 Å². The summed E-state index contributed by atoms with van der Waals surface area (Å²) in [5, 5.41) is 9.82. The lowest BCUT2D eigenvalue weighted by molar-refractivity contribution is -0.161. The molecule has 0 heterocycles. The Kier molecular flexibility index (Phi) is 54.0. The zero-order valence-electron chi connectivity index (χ0n) is 47.7. The summed E-state index contributed by atoms with van der Waals surface area (Å²) in [7, 11) is -4.78. The van der Waals surface area contributed by atoms with E-state index in [2.05, 4.69) is 124 Å². The molecule has 0 fully saturated rings. The van der Waals surface area contributed by atoms with Crippen molar-refractivity contribution in [3.63, 3.8) is 0 Å². The lowest BCUT2D eigenvalue weighted by Crippen LogP contribution is -2.30. The van der Waals surface area contributed by atoms with Crippen molar-refractivity contribution >= 4 is 25.7 Å². The molecule has 12 heteroatoms. The lowest BCUT2D eigenvalue weighted by Gasteiger charge is -2.21. The van der Waals surface area contributed by atoms with Gasteiger partial charge >= 0.3 is 25.7 Å². The van der Waals surface area contributed by atoms with Gasteiger partial charge in [-0.1, -0.05) is 219 Å². The Bertz CT molecular complexity index is 1740. The number of hydrogen-bond donors (Lipinski definition) is 2. The number of allylic oxidation sites excluding steroid dienone is 19. The quantitative estimate of drug-likeness (QED) is 0.0197. The Labute approximate surface area is 462 Å². The first-order chi connectivity index (χ1) is 37.2. The average Bonchev–Trinajstić information content (AvgIpc) is 3.41. The normalized spacial score (nSPS) is 14.2. The molecule has 0 aromatic heterocycles. The van der Waals surface area contributed by atoms with Crippen LogP contribution < -0.4 is 0 Å². The van der Waals surface area contributed by atoms with E-state index in [4.69, 9.17) is 23.3 Å². The number of aliphatic hydroxyl groups is 1. The third kappa shape index (κ3) is 54.7. The first-order valence-electron chi connectivity index (χ1n) is 29.4. The average molecular weight is 1080 g/mol. The summed E-state index contributed by atoms with van der Waals surface area (Å²) < 4.78 is 39.4. The number of unbranched alkanes of at least 4 members (excludes halogenated alkanes) is 17. The molecular weight excluding hydrogens is 976 g/mol. The third-order valence-electron chi connectivity index (χ3n) is 11.9. The Morgan fingerprint density at radius 2 is 0.724 bits per heavy atom. The van der Waals surface area contributed by atoms with Crippen LogP contribution in [0.1, 0.15) is 226 Å². The van der Waals surface area contributed by atoms with Crippen LogP contribution >= 0.6 is 7.82 Å². The second kappa shape index (κ2) is 57.1. The molecule has 0 saturated heterocycles. The summed E-state index contributed by atoms with van der Waals surface area (Å²) in [6.07, 6.45) is 70.4. The zero-order valence-corrected chi connectivity index (χ0v) is 48.6. The van der Waals surface area contributed by atoms with Gasteiger partial charge in [0, 0.05) is 12.8 Å². The van der Waals surface area contributed by atoms with Gasteiger partial charge in [-0.25, -0.2) is 4.57 Å². The van der Waals surface area contributed by atoms with Crippen LogP contribution in [0.4, 0.5) is 0 Å². The zero-order chi connectivity index (χ0) is 55.5. The topological polar surface area (TPSA) is 155 Å². The van der Waals surface area contributed by atoms with Crippen LogP contribution in [-0.2, 0) is 42.2 Å². The van der Waals surface area contributed by atoms with Crippen molar-refractivity contribution in [3.8, 4) is 0 Å². The molecule has 0 bridgehead atoms. The number of carbonyl (C=O) groups is 3. The second-order valence-electron chi connectivity index (χ2n) is 19.1. The molecule has 11 nitrogen and oxygen atoms in total. The minimum Gasteiger partial charge on any atom is -0.461 e. The van der Waals surface area contributed by atoms with Crippen LogP contribution in [0.5, 0.6) is 0 Å². The number of phosphoric acid groups is 1. The minimum atomic E-state index is -4.78. The van der Waals surface area contributed by atoms with Gasteiger partial charge in [0.1, 0.15) is 12.7 Å². The molecule has 0 rings (SSSR count). The van der Waals surface area contributed by atoms with E-state index in [1.54, 1.807) is 6.08 Å². The van der Waals surface area contributed by atoms with Crippen LogP contribution in [0, 0.1) is 0 Å². The molecule has 0 radical (unpaired) electrons. The highest BCUT2D eigenvalue weighted by atomic mass is 31.2. The van der Waals surface area contributed by atoms with Crippen molar-refractivity contribution in [3.05, 3.63) is 122 Å². The number of phosphoric ester groups is 1. The smallest absolute Gasteiger partial charge is 0.461 e. The van der Waals surface area contributed by atoms with Gasteiger partial charge in [0.05, 0.1) is 26.2 Å². The fraction of sp³-hybridized carbons (Fsp3) is 0.641. The first kappa shape index (κ1) is 71.9. The van der Waals surface area contributed by atoms with E-state index in [0.29, 0.717) is 19.3 Å². The highest BCUT2D eigenvalue weighted by Crippen LogP contribution is 2.43. The van der Waals surface area contributed by atoms with Crippen LogP contribution in [0.2, 0.25) is 0 Å². The molecular formula is C64H105O11P. The van der Waals surface area contributed by atoms with Gasteiger partial charge in [0.25, 0.3) is 0 Å². The van der Waals surface area contributed by atoms with Gasteiger partial charge in [0.15, 0.2) is 6.10 Å². The molecule has 0 aromatic rings. The summed E-state index contributed by atoms with van der Waals surface area (Å²) in [5.74, 6) is -1.65. The number of esters is 3.